The third kappa shape index (κ3) is 4.09. The van der Waals surface area contributed by atoms with Crippen LogP contribution >= 0.6 is 39.1 Å². The molecule has 1 aromatic heterocycles. The van der Waals surface area contributed by atoms with Gasteiger partial charge >= 0.3 is 0 Å². The molecule has 7 heteroatoms. The zero-order valence-electron chi connectivity index (χ0n) is 11.0. The first-order chi connectivity index (χ1) is 10.0. The highest BCUT2D eigenvalue weighted by Crippen LogP contribution is 2.36. The predicted molar refractivity (Wildman–Crippen MR) is 87.5 cm³/mol. The Hall–Kier alpha value is -1.30. The van der Waals surface area contributed by atoms with Gasteiger partial charge in [0.2, 0.25) is 0 Å². The average Bonchev–Trinajstić information content (AvgIpc) is 2.42. The molecule has 0 unspecified atom stereocenters. The number of nitrogens with zero attached hydrogens (tertiary/aromatic N) is 1. The summed E-state index contributed by atoms with van der Waals surface area (Å²) in [5, 5.41) is 3.63. The van der Waals surface area contributed by atoms with E-state index in [2.05, 4.69) is 26.2 Å². The summed E-state index contributed by atoms with van der Waals surface area (Å²) in [4.78, 5) is 16.2. The standard InChI is InChI=1S/C14H11BrCl2N2O2/c1-2-21-13-10(15)5-9(17)7-11(13)19-14(20)12-6-8(16)3-4-18-12/h3-7H,2H2,1H3,(H,19,20). The van der Waals surface area contributed by atoms with Gasteiger partial charge in [-0.05, 0) is 47.1 Å². The van der Waals surface area contributed by atoms with E-state index in [9.17, 15) is 4.79 Å². The maximum Gasteiger partial charge on any atom is 0.274 e. The van der Waals surface area contributed by atoms with Gasteiger partial charge in [-0.3, -0.25) is 9.78 Å². The van der Waals surface area contributed by atoms with Crippen LogP contribution in [0.15, 0.2) is 34.9 Å². The molecule has 0 fully saturated rings. The number of carbonyl (C=O) groups is 1. The van der Waals surface area contributed by atoms with Gasteiger partial charge in [0, 0.05) is 16.2 Å². The van der Waals surface area contributed by atoms with Crippen LogP contribution in [0.25, 0.3) is 0 Å². The lowest BCUT2D eigenvalue weighted by Gasteiger charge is -2.13. The van der Waals surface area contributed by atoms with Crippen molar-refractivity contribution in [3.8, 4) is 5.75 Å². The number of benzene rings is 1. The Morgan fingerprint density at radius 1 is 1.33 bits per heavy atom. The zero-order valence-corrected chi connectivity index (χ0v) is 14.1. The minimum absolute atomic E-state index is 0.209. The van der Waals surface area contributed by atoms with E-state index in [0.717, 1.165) is 0 Å². The minimum Gasteiger partial charge on any atom is -0.491 e. The first-order valence-corrected chi connectivity index (χ1v) is 7.61. The van der Waals surface area contributed by atoms with E-state index in [0.29, 0.717) is 32.6 Å². The van der Waals surface area contributed by atoms with E-state index in [1.165, 1.54) is 12.3 Å². The molecule has 1 amide bonds. The molecule has 110 valence electrons. The molecular weight excluding hydrogens is 379 g/mol. The third-order valence-corrected chi connectivity index (χ3v) is 3.54. The Bertz CT molecular complexity index is 680. The molecule has 0 saturated heterocycles. The largest absolute Gasteiger partial charge is 0.491 e. The number of hydrogen-bond acceptors (Lipinski definition) is 3. The van der Waals surface area contributed by atoms with Crippen LogP contribution in [-0.4, -0.2) is 17.5 Å². The second kappa shape index (κ2) is 7.11. The number of pyridine rings is 1. The molecule has 0 saturated carbocycles. The van der Waals surface area contributed by atoms with E-state index in [1.54, 1.807) is 18.2 Å². The molecule has 0 aliphatic carbocycles. The number of nitrogens with one attached hydrogen (secondary N) is 1. The maximum atomic E-state index is 12.2. The smallest absolute Gasteiger partial charge is 0.274 e. The van der Waals surface area contributed by atoms with Gasteiger partial charge in [-0.1, -0.05) is 23.2 Å². The summed E-state index contributed by atoms with van der Waals surface area (Å²) in [5.41, 5.74) is 0.670. The molecule has 1 heterocycles. The van der Waals surface area contributed by atoms with Crippen LogP contribution in [0.4, 0.5) is 5.69 Å². The van der Waals surface area contributed by atoms with E-state index >= 15 is 0 Å². The third-order valence-electron chi connectivity index (χ3n) is 2.50. The summed E-state index contributed by atoms with van der Waals surface area (Å²) in [5.74, 6) is 0.116. The van der Waals surface area contributed by atoms with Gasteiger partial charge in [-0.25, -0.2) is 0 Å². The molecule has 0 bridgehead atoms. The number of anilines is 1. The van der Waals surface area contributed by atoms with E-state index in [4.69, 9.17) is 27.9 Å². The quantitative estimate of drug-likeness (QED) is 0.816. The lowest BCUT2D eigenvalue weighted by molar-refractivity contribution is 0.102. The highest BCUT2D eigenvalue weighted by atomic mass is 79.9. The molecule has 0 aliphatic heterocycles. The highest BCUT2D eigenvalue weighted by molar-refractivity contribution is 9.10. The fourth-order valence-electron chi connectivity index (χ4n) is 1.66. The van der Waals surface area contributed by atoms with Crippen LogP contribution in [0.1, 0.15) is 17.4 Å². The highest BCUT2D eigenvalue weighted by Gasteiger charge is 2.15. The molecule has 21 heavy (non-hydrogen) atoms. The van der Waals surface area contributed by atoms with E-state index < -0.39 is 5.91 Å². The van der Waals surface area contributed by atoms with Gasteiger partial charge in [-0.2, -0.15) is 0 Å². The molecule has 0 spiro atoms. The monoisotopic (exact) mass is 388 g/mol. The Balaban J connectivity index is 2.32. The van der Waals surface area contributed by atoms with Gasteiger partial charge in [0.25, 0.3) is 5.91 Å². The Morgan fingerprint density at radius 3 is 2.76 bits per heavy atom. The molecule has 0 atom stereocenters. The second-order valence-electron chi connectivity index (χ2n) is 4.01. The van der Waals surface area contributed by atoms with Crippen LogP contribution in [0.5, 0.6) is 5.75 Å². The SMILES string of the molecule is CCOc1c(Br)cc(Cl)cc1NC(=O)c1cc(Cl)ccn1. The van der Waals surface area contributed by atoms with E-state index in [1.807, 2.05) is 6.92 Å². The van der Waals surface area contributed by atoms with E-state index in [-0.39, 0.29) is 5.69 Å². The van der Waals surface area contributed by atoms with Gasteiger partial charge < -0.3 is 10.1 Å². The summed E-state index contributed by atoms with van der Waals surface area (Å²) in [7, 11) is 0. The maximum absolute atomic E-state index is 12.2. The van der Waals surface area contributed by atoms with Crippen molar-refractivity contribution < 1.29 is 9.53 Å². The number of amides is 1. The number of carbonyl (C=O) groups excluding carboxylic acids is 1. The Morgan fingerprint density at radius 2 is 2.10 bits per heavy atom. The Kier molecular flexibility index (Phi) is 5.45. The molecular formula is C14H11BrCl2N2O2. The molecule has 0 aliphatic rings. The number of hydrogen-bond donors (Lipinski definition) is 1. The van der Waals surface area contributed by atoms with Crippen molar-refractivity contribution in [2.24, 2.45) is 0 Å². The first kappa shape index (κ1) is 16.1. The lowest BCUT2D eigenvalue weighted by Crippen LogP contribution is -2.14. The predicted octanol–water partition coefficient (Wildman–Crippen LogP) is 4.80. The van der Waals surface area contributed by atoms with Crippen molar-refractivity contribution in [3.63, 3.8) is 0 Å². The summed E-state index contributed by atoms with van der Waals surface area (Å²) >= 11 is 15.2. The van der Waals surface area contributed by atoms with Crippen LogP contribution in [0.3, 0.4) is 0 Å². The van der Waals surface area contributed by atoms with Crippen molar-refractivity contribution in [1.82, 2.24) is 4.98 Å². The first-order valence-electron chi connectivity index (χ1n) is 6.06. The van der Waals surface area contributed by atoms with Gasteiger partial charge in [0.05, 0.1) is 16.8 Å². The molecule has 1 aromatic carbocycles. The Labute approximate surface area is 140 Å². The number of rotatable bonds is 4. The van der Waals surface area contributed by atoms with Gasteiger partial charge in [0.15, 0.2) is 5.75 Å². The number of aromatic nitrogens is 1. The van der Waals surface area contributed by atoms with Crippen LogP contribution < -0.4 is 10.1 Å². The molecule has 2 rings (SSSR count). The molecule has 2 aromatic rings. The summed E-state index contributed by atoms with van der Waals surface area (Å²) in [6.07, 6.45) is 1.47. The molecule has 0 radical (unpaired) electrons. The summed E-state index contributed by atoms with van der Waals surface area (Å²) < 4.78 is 6.18. The lowest BCUT2D eigenvalue weighted by atomic mass is 10.2. The normalized spacial score (nSPS) is 10.3. The van der Waals surface area contributed by atoms with Crippen LogP contribution in [0, 0.1) is 0 Å². The van der Waals surface area contributed by atoms with Crippen molar-refractivity contribution in [3.05, 3.63) is 50.7 Å². The van der Waals surface area contributed by atoms with Crippen molar-refractivity contribution in [1.29, 1.82) is 0 Å². The second-order valence-corrected chi connectivity index (χ2v) is 5.74. The number of ether oxygens (including phenoxy) is 1. The zero-order chi connectivity index (χ0) is 15.4. The average molecular weight is 390 g/mol. The number of halogens is 3. The topological polar surface area (TPSA) is 51.2 Å². The van der Waals surface area contributed by atoms with Crippen molar-refractivity contribution >= 4 is 50.7 Å². The van der Waals surface area contributed by atoms with Gasteiger partial charge in [0.1, 0.15) is 5.69 Å². The summed E-state index contributed by atoms with van der Waals surface area (Å²) in [6.45, 7) is 2.31. The van der Waals surface area contributed by atoms with Crippen molar-refractivity contribution in [2.75, 3.05) is 11.9 Å². The molecule has 4 nitrogen and oxygen atoms in total. The van der Waals surface area contributed by atoms with Crippen LogP contribution in [0.2, 0.25) is 10.0 Å². The fourth-order valence-corrected chi connectivity index (χ4v) is 2.74. The minimum atomic E-state index is -0.396. The van der Waals surface area contributed by atoms with Crippen molar-refractivity contribution in [2.45, 2.75) is 6.92 Å². The molecule has 1 N–H and O–H groups in total. The fraction of sp³-hybridized carbons (Fsp3) is 0.143. The summed E-state index contributed by atoms with van der Waals surface area (Å²) in [6, 6.07) is 6.39. The van der Waals surface area contributed by atoms with Crippen LogP contribution in [-0.2, 0) is 0 Å². The van der Waals surface area contributed by atoms with Gasteiger partial charge in [-0.15, -0.1) is 0 Å².